The largest absolute Gasteiger partial charge is 0.391 e. The second-order valence-electron chi connectivity index (χ2n) is 3.61. The minimum Gasteiger partial charge on any atom is -0.391 e. The van der Waals surface area contributed by atoms with Crippen LogP contribution < -0.4 is 5.56 Å². The fourth-order valence-corrected chi connectivity index (χ4v) is 1.59. The molecule has 0 aliphatic heterocycles. The molecule has 0 amide bonds. The van der Waals surface area contributed by atoms with E-state index in [1.807, 2.05) is 19.1 Å². The maximum absolute atomic E-state index is 11.6. The highest BCUT2D eigenvalue weighted by molar-refractivity contribution is 5.54. The SMILES string of the molecule is CCc1cccnc1-c1ncc(CO)c(=O)[nH]1. The van der Waals surface area contributed by atoms with Crippen LogP contribution in [0.25, 0.3) is 11.5 Å². The smallest absolute Gasteiger partial charge is 0.256 e. The average molecular weight is 231 g/mol. The van der Waals surface area contributed by atoms with E-state index in [1.54, 1.807) is 6.20 Å². The first kappa shape index (κ1) is 11.5. The van der Waals surface area contributed by atoms with Crippen LogP contribution in [0, 0.1) is 0 Å². The van der Waals surface area contributed by atoms with Gasteiger partial charge in [-0.3, -0.25) is 9.78 Å². The molecule has 2 aromatic heterocycles. The zero-order chi connectivity index (χ0) is 12.3. The van der Waals surface area contributed by atoms with E-state index in [2.05, 4.69) is 15.0 Å². The fraction of sp³-hybridized carbons (Fsp3) is 0.250. The Labute approximate surface area is 98.2 Å². The van der Waals surface area contributed by atoms with Gasteiger partial charge in [-0.1, -0.05) is 13.0 Å². The second-order valence-corrected chi connectivity index (χ2v) is 3.61. The van der Waals surface area contributed by atoms with Crippen molar-refractivity contribution in [2.24, 2.45) is 0 Å². The van der Waals surface area contributed by atoms with Crippen molar-refractivity contribution in [2.75, 3.05) is 0 Å². The molecule has 0 aliphatic carbocycles. The molecule has 0 radical (unpaired) electrons. The lowest BCUT2D eigenvalue weighted by atomic mass is 10.1. The summed E-state index contributed by atoms with van der Waals surface area (Å²) in [6.07, 6.45) is 3.85. The maximum atomic E-state index is 11.6. The van der Waals surface area contributed by atoms with E-state index in [1.165, 1.54) is 6.20 Å². The number of nitrogens with zero attached hydrogens (tertiary/aromatic N) is 2. The van der Waals surface area contributed by atoms with Crippen molar-refractivity contribution in [1.82, 2.24) is 15.0 Å². The third-order valence-corrected chi connectivity index (χ3v) is 2.54. The minimum absolute atomic E-state index is 0.253. The highest BCUT2D eigenvalue weighted by Gasteiger charge is 2.08. The lowest BCUT2D eigenvalue weighted by Gasteiger charge is -2.05. The molecule has 0 atom stereocenters. The molecular weight excluding hydrogens is 218 g/mol. The number of aromatic amines is 1. The number of aliphatic hydroxyl groups excluding tert-OH is 1. The van der Waals surface area contributed by atoms with Gasteiger partial charge in [0.25, 0.3) is 5.56 Å². The van der Waals surface area contributed by atoms with Crippen LogP contribution >= 0.6 is 0 Å². The lowest BCUT2D eigenvalue weighted by Crippen LogP contribution is -2.15. The highest BCUT2D eigenvalue weighted by atomic mass is 16.3. The first-order valence-electron chi connectivity index (χ1n) is 5.39. The molecular formula is C12H13N3O2. The summed E-state index contributed by atoms with van der Waals surface area (Å²) in [6.45, 7) is 1.70. The molecule has 0 unspecified atom stereocenters. The van der Waals surface area contributed by atoms with Crippen LogP contribution in [0.5, 0.6) is 0 Å². The normalized spacial score (nSPS) is 10.5. The number of aryl methyl sites for hydroxylation is 1. The van der Waals surface area contributed by atoms with Crippen LogP contribution in [-0.2, 0) is 13.0 Å². The summed E-state index contributed by atoms with van der Waals surface area (Å²) >= 11 is 0. The van der Waals surface area contributed by atoms with Crippen molar-refractivity contribution < 1.29 is 5.11 Å². The number of nitrogens with one attached hydrogen (secondary N) is 1. The number of aromatic nitrogens is 3. The zero-order valence-electron chi connectivity index (χ0n) is 9.47. The summed E-state index contributed by atoms with van der Waals surface area (Å²) in [7, 11) is 0. The van der Waals surface area contributed by atoms with Crippen LogP contribution in [0.2, 0.25) is 0 Å². The van der Waals surface area contributed by atoms with Gasteiger partial charge < -0.3 is 10.1 Å². The molecule has 0 saturated heterocycles. The van der Waals surface area contributed by atoms with E-state index < -0.39 is 0 Å². The van der Waals surface area contributed by atoms with E-state index in [0.29, 0.717) is 11.5 Å². The molecule has 2 aromatic rings. The molecule has 2 N–H and O–H groups in total. The number of H-pyrrole nitrogens is 1. The van der Waals surface area contributed by atoms with E-state index in [9.17, 15) is 4.79 Å². The zero-order valence-corrected chi connectivity index (χ0v) is 9.47. The van der Waals surface area contributed by atoms with E-state index >= 15 is 0 Å². The van der Waals surface area contributed by atoms with E-state index in [0.717, 1.165) is 12.0 Å². The topological polar surface area (TPSA) is 78.9 Å². The van der Waals surface area contributed by atoms with Crippen molar-refractivity contribution in [3.63, 3.8) is 0 Å². The Kier molecular flexibility index (Phi) is 3.30. The summed E-state index contributed by atoms with van der Waals surface area (Å²) in [6, 6.07) is 3.80. The number of pyridine rings is 1. The molecule has 0 saturated carbocycles. The molecule has 0 spiro atoms. The van der Waals surface area contributed by atoms with Gasteiger partial charge in [-0.15, -0.1) is 0 Å². The van der Waals surface area contributed by atoms with Gasteiger partial charge in [-0.05, 0) is 18.1 Å². The lowest BCUT2D eigenvalue weighted by molar-refractivity contribution is 0.279. The summed E-state index contributed by atoms with van der Waals surface area (Å²) < 4.78 is 0. The molecule has 2 heterocycles. The molecule has 88 valence electrons. The van der Waals surface area contributed by atoms with Gasteiger partial charge >= 0.3 is 0 Å². The van der Waals surface area contributed by atoms with Gasteiger partial charge in [0.15, 0.2) is 5.82 Å². The number of aliphatic hydroxyl groups is 1. The number of hydrogen-bond acceptors (Lipinski definition) is 4. The molecule has 2 rings (SSSR count). The van der Waals surface area contributed by atoms with E-state index in [-0.39, 0.29) is 17.7 Å². The number of hydrogen-bond donors (Lipinski definition) is 2. The van der Waals surface area contributed by atoms with Gasteiger partial charge in [0.1, 0.15) is 5.69 Å². The monoisotopic (exact) mass is 231 g/mol. The van der Waals surface area contributed by atoms with Gasteiger partial charge in [0.05, 0.1) is 12.2 Å². The highest BCUT2D eigenvalue weighted by Crippen LogP contribution is 2.16. The summed E-state index contributed by atoms with van der Waals surface area (Å²) in [5.41, 5.74) is 1.62. The molecule has 5 heteroatoms. The average Bonchev–Trinajstić information content (AvgIpc) is 2.38. The van der Waals surface area contributed by atoms with Crippen molar-refractivity contribution in [3.05, 3.63) is 46.0 Å². The third kappa shape index (κ3) is 2.24. The van der Waals surface area contributed by atoms with Crippen LogP contribution in [0.1, 0.15) is 18.1 Å². The van der Waals surface area contributed by atoms with Crippen LogP contribution in [0.3, 0.4) is 0 Å². The summed E-state index contributed by atoms with van der Waals surface area (Å²) in [5.74, 6) is 0.435. The molecule has 0 fully saturated rings. The van der Waals surface area contributed by atoms with Crippen molar-refractivity contribution in [2.45, 2.75) is 20.0 Å². The molecule has 0 aromatic carbocycles. The predicted molar refractivity (Wildman–Crippen MR) is 63.4 cm³/mol. The first-order chi connectivity index (χ1) is 8.26. The molecule has 0 bridgehead atoms. The van der Waals surface area contributed by atoms with E-state index in [4.69, 9.17) is 5.11 Å². The Bertz CT molecular complexity index is 578. The van der Waals surface area contributed by atoms with Crippen molar-refractivity contribution in [1.29, 1.82) is 0 Å². The van der Waals surface area contributed by atoms with Gasteiger partial charge in [0, 0.05) is 12.4 Å². The summed E-state index contributed by atoms with van der Waals surface area (Å²) in [5, 5.41) is 8.91. The maximum Gasteiger partial charge on any atom is 0.256 e. The summed E-state index contributed by atoms with van der Waals surface area (Å²) in [4.78, 5) is 22.5. The Hall–Kier alpha value is -2.01. The third-order valence-electron chi connectivity index (χ3n) is 2.54. The van der Waals surface area contributed by atoms with Crippen LogP contribution in [0.4, 0.5) is 0 Å². The second kappa shape index (κ2) is 4.88. The first-order valence-corrected chi connectivity index (χ1v) is 5.39. The molecule has 0 aliphatic rings. The van der Waals surface area contributed by atoms with Gasteiger partial charge in [-0.25, -0.2) is 4.98 Å². The standard InChI is InChI=1S/C12H13N3O2/c1-2-8-4-3-5-13-10(8)11-14-6-9(7-16)12(17)15-11/h3-6,16H,2,7H2,1H3,(H,14,15,17). The molecule has 17 heavy (non-hydrogen) atoms. The van der Waals surface area contributed by atoms with Crippen molar-refractivity contribution in [3.8, 4) is 11.5 Å². The van der Waals surface area contributed by atoms with Crippen LogP contribution in [-0.4, -0.2) is 20.1 Å². The Morgan fingerprint density at radius 3 is 2.82 bits per heavy atom. The van der Waals surface area contributed by atoms with Crippen molar-refractivity contribution >= 4 is 0 Å². The quantitative estimate of drug-likeness (QED) is 0.822. The predicted octanol–water partition coefficient (Wildman–Crippen LogP) is 0.887. The van der Waals surface area contributed by atoms with Gasteiger partial charge in [0.2, 0.25) is 0 Å². The number of rotatable bonds is 3. The van der Waals surface area contributed by atoms with Gasteiger partial charge in [-0.2, -0.15) is 0 Å². The minimum atomic E-state index is -0.329. The Morgan fingerprint density at radius 2 is 2.18 bits per heavy atom. The molecule has 5 nitrogen and oxygen atoms in total. The Morgan fingerprint density at radius 1 is 1.35 bits per heavy atom. The van der Waals surface area contributed by atoms with Crippen LogP contribution in [0.15, 0.2) is 29.3 Å². The Balaban J connectivity index is 2.53. The fourth-order valence-electron chi connectivity index (χ4n) is 1.59.